The van der Waals surface area contributed by atoms with E-state index in [-0.39, 0.29) is 0 Å². The molecule has 0 spiro atoms. The van der Waals surface area contributed by atoms with Crippen LogP contribution in [0.25, 0.3) is 0 Å². The van der Waals surface area contributed by atoms with Crippen LogP contribution in [0.1, 0.15) is 26.7 Å². The van der Waals surface area contributed by atoms with Gasteiger partial charge in [0.2, 0.25) is 0 Å². The van der Waals surface area contributed by atoms with Gasteiger partial charge >= 0.3 is 0 Å². The number of hydrogen-bond donors (Lipinski definition) is 2. The van der Waals surface area contributed by atoms with Gasteiger partial charge in [0.15, 0.2) is 17.5 Å². The Labute approximate surface area is 151 Å². The van der Waals surface area contributed by atoms with E-state index >= 15 is 0 Å². The molecule has 1 aromatic rings. The zero-order chi connectivity index (χ0) is 18.1. The zero-order valence-electron chi connectivity index (χ0n) is 16.0. The molecule has 2 rings (SSSR count). The largest absolute Gasteiger partial charge is 0.493 e. The summed E-state index contributed by atoms with van der Waals surface area (Å²) < 4.78 is 11.0. The molecule has 1 unspecified atom stereocenters. The first-order valence-corrected chi connectivity index (χ1v) is 9.21. The Hall–Kier alpha value is -1.95. The fraction of sp³-hybridized carbons (Fsp3) is 0.632. The molecule has 0 amide bonds. The molecule has 0 bridgehead atoms. The number of benzene rings is 1. The van der Waals surface area contributed by atoms with Crippen molar-refractivity contribution < 1.29 is 9.47 Å². The Morgan fingerprint density at radius 2 is 2.16 bits per heavy atom. The van der Waals surface area contributed by atoms with Crippen molar-refractivity contribution in [1.82, 2.24) is 10.2 Å². The van der Waals surface area contributed by atoms with Crippen LogP contribution in [0.15, 0.2) is 23.2 Å². The number of nitrogens with one attached hydrogen (secondary N) is 2. The number of ether oxygens (including phenoxy) is 2. The van der Waals surface area contributed by atoms with Crippen molar-refractivity contribution in [2.45, 2.75) is 26.7 Å². The second-order valence-electron chi connectivity index (χ2n) is 6.33. The van der Waals surface area contributed by atoms with Crippen molar-refractivity contribution in [3.05, 3.63) is 18.2 Å². The van der Waals surface area contributed by atoms with E-state index < -0.39 is 0 Å². The minimum absolute atomic E-state index is 0.600. The highest BCUT2D eigenvalue weighted by molar-refractivity contribution is 5.93. The minimum atomic E-state index is 0.600. The molecule has 6 heteroatoms. The van der Waals surface area contributed by atoms with E-state index in [4.69, 9.17) is 9.47 Å². The molecule has 1 fully saturated rings. The van der Waals surface area contributed by atoms with E-state index in [2.05, 4.69) is 27.4 Å². The van der Waals surface area contributed by atoms with Gasteiger partial charge in [0.25, 0.3) is 0 Å². The van der Waals surface area contributed by atoms with Crippen molar-refractivity contribution in [3.8, 4) is 11.5 Å². The topological polar surface area (TPSA) is 58.1 Å². The summed E-state index contributed by atoms with van der Waals surface area (Å²) in [5.41, 5.74) is 0.927. The maximum atomic E-state index is 5.63. The highest BCUT2D eigenvalue weighted by atomic mass is 16.5. The summed E-state index contributed by atoms with van der Waals surface area (Å²) in [6.07, 6.45) is 2.48. The Morgan fingerprint density at radius 1 is 1.32 bits per heavy atom. The van der Waals surface area contributed by atoms with E-state index in [1.807, 2.05) is 25.1 Å². The van der Waals surface area contributed by atoms with Gasteiger partial charge in [-0.15, -0.1) is 0 Å². The predicted octanol–water partition coefficient (Wildman–Crippen LogP) is 2.81. The summed E-state index contributed by atoms with van der Waals surface area (Å²) in [7, 11) is 3.44. The molecule has 140 valence electrons. The predicted molar refractivity (Wildman–Crippen MR) is 104 cm³/mol. The summed E-state index contributed by atoms with van der Waals surface area (Å²) in [6.45, 7) is 9.33. The van der Waals surface area contributed by atoms with Crippen LogP contribution in [-0.4, -0.2) is 57.8 Å². The van der Waals surface area contributed by atoms with Crippen LogP contribution in [0.4, 0.5) is 5.69 Å². The normalized spacial score (nSPS) is 18.2. The van der Waals surface area contributed by atoms with Gasteiger partial charge in [-0.25, -0.2) is 0 Å². The summed E-state index contributed by atoms with van der Waals surface area (Å²) in [5.74, 6) is 2.93. The molecule has 0 aromatic heterocycles. The second-order valence-corrected chi connectivity index (χ2v) is 6.33. The number of nitrogens with zero attached hydrogens (tertiary/aromatic N) is 2. The highest BCUT2D eigenvalue weighted by Gasteiger charge is 2.21. The highest BCUT2D eigenvalue weighted by Crippen LogP contribution is 2.30. The van der Waals surface area contributed by atoms with Gasteiger partial charge in [-0.05, 0) is 50.9 Å². The van der Waals surface area contributed by atoms with E-state index in [1.165, 1.54) is 32.5 Å². The summed E-state index contributed by atoms with van der Waals surface area (Å²) >= 11 is 0. The van der Waals surface area contributed by atoms with Crippen LogP contribution in [0.3, 0.4) is 0 Å². The number of methoxy groups -OCH3 is 1. The van der Waals surface area contributed by atoms with Crippen LogP contribution >= 0.6 is 0 Å². The molecular formula is C19H32N4O2. The van der Waals surface area contributed by atoms with Crippen molar-refractivity contribution in [1.29, 1.82) is 0 Å². The summed E-state index contributed by atoms with van der Waals surface area (Å²) in [4.78, 5) is 6.87. The summed E-state index contributed by atoms with van der Waals surface area (Å²) in [5, 5.41) is 6.77. The van der Waals surface area contributed by atoms with Crippen LogP contribution < -0.4 is 20.1 Å². The van der Waals surface area contributed by atoms with Gasteiger partial charge in [-0.2, -0.15) is 0 Å². The number of aliphatic imine (C=N–C) groups is 1. The van der Waals surface area contributed by atoms with Gasteiger partial charge in [0.1, 0.15) is 0 Å². The molecule has 1 saturated heterocycles. The molecule has 1 heterocycles. The van der Waals surface area contributed by atoms with E-state index in [9.17, 15) is 0 Å². The maximum absolute atomic E-state index is 5.63. The first-order chi connectivity index (χ1) is 12.2. The number of rotatable bonds is 8. The zero-order valence-corrected chi connectivity index (χ0v) is 16.0. The smallest absolute Gasteiger partial charge is 0.195 e. The van der Waals surface area contributed by atoms with Crippen molar-refractivity contribution in [2.75, 3.05) is 52.3 Å². The first-order valence-electron chi connectivity index (χ1n) is 9.21. The van der Waals surface area contributed by atoms with Crippen molar-refractivity contribution in [2.24, 2.45) is 10.9 Å². The standard InChI is InChI=1S/C19H32N4O2/c1-5-10-23-11-9-15(14-23)13-21-19(20-3)22-16-7-8-17(24-4)18(12-16)25-6-2/h7-8,12,15H,5-6,9-11,13-14H2,1-4H3,(H2,20,21,22). The quantitative estimate of drug-likeness (QED) is 0.559. The molecule has 1 aliphatic heterocycles. The third-order valence-electron chi connectivity index (χ3n) is 4.42. The lowest BCUT2D eigenvalue weighted by atomic mass is 10.1. The molecule has 1 aromatic carbocycles. The molecular weight excluding hydrogens is 316 g/mol. The van der Waals surface area contributed by atoms with E-state index in [0.29, 0.717) is 12.5 Å². The van der Waals surface area contributed by atoms with Crippen molar-refractivity contribution >= 4 is 11.6 Å². The fourth-order valence-corrected chi connectivity index (χ4v) is 3.18. The first kappa shape index (κ1) is 19.4. The van der Waals surface area contributed by atoms with Gasteiger partial charge in [-0.3, -0.25) is 4.99 Å². The molecule has 25 heavy (non-hydrogen) atoms. The third-order valence-corrected chi connectivity index (χ3v) is 4.42. The molecule has 1 aliphatic rings. The lowest BCUT2D eigenvalue weighted by Gasteiger charge is -2.17. The fourth-order valence-electron chi connectivity index (χ4n) is 3.18. The number of hydrogen-bond acceptors (Lipinski definition) is 4. The van der Waals surface area contributed by atoms with E-state index in [0.717, 1.165) is 29.7 Å². The minimum Gasteiger partial charge on any atom is -0.493 e. The molecule has 6 nitrogen and oxygen atoms in total. The van der Waals surface area contributed by atoms with E-state index in [1.54, 1.807) is 14.2 Å². The Bertz CT molecular complexity index is 562. The molecule has 0 radical (unpaired) electrons. The number of anilines is 1. The summed E-state index contributed by atoms with van der Waals surface area (Å²) in [6, 6.07) is 5.81. The monoisotopic (exact) mass is 348 g/mol. The number of likely N-dealkylation sites (tertiary alicyclic amines) is 1. The molecule has 0 aliphatic carbocycles. The maximum Gasteiger partial charge on any atom is 0.195 e. The van der Waals surface area contributed by atoms with Gasteiger partial charge in [0.05, 0.1) is 13.7 Å². The lowest BCUT2D eigenvalue weighted by Crippen LogP contribution is -2.35. The Kier molecular flexibility index (Phi) is 7.85. The van der Waals surface area contributed by atoms with Crippen LogP contribution in [-0.2, 0) is 0 Å². The molecule has 1 atom stereocenters. The average Bonchev–Trinajstić information content (AvgIpc) is 3.07. The van der Waals surface area contributed by atoms with Gasteiger partial charge in [0, 0.05) is 31.9 Å². The van der Waals surface area contributed by atoms with Gasteiger partial charge in [-0.1, -0.05) is 6.92 Å². The Balaban J connectivity index is 1.88. The SMILES string of the molecule is CCCN1CCC(CNC(=NC)Nc2ccc(OC)c(OCC)c2)C1. The third kappa shape index (κ3) is 5.81. The Morgan fingerprint density at radius 3 is 2.84 bits per heavy atom. The van der Waals surface area contributed by atoms with Crippen molar-refractivity contribution in [3.63, 3.8) is 0 Å². The lowest BCUT2D eigenvalue weighted by molar-refractivity contribution is 0.311. The molecule has 2 N–H and O–H groups in total. The second kappa shape index (κ2) is 10.1. The van der Waals surface area contributed by atoms with Crippen LogP contribution in [0.2, 0.25) is 0 Å². The van der Waals surface area contributed by atoms with Crippen LogP contribution in [0.5, 0.6) is 11.5 Å². The molecule has 0 saturated carbocycles. The van der Waals surface area contributed by atoms with Gasteiger partial charge < -0.3 is 25.0 Å². The average molecular weight is 348 g/mol. The number of guanidine groups is 1. The van der Waals surface area contributed by atoms with Crippen LogP contribution in [0, 0.1) is 5.92 Å².